The standard InChI is InChI=1S/C24HB15N2/c25-5-1-2-8(28)24(19(39)16(36)21(2)40-20(1)15(35)12(32)9(5)29)41-22-3(6(26)10(30)13(33)17(22)37)4-7(27)11(31)14(34)18(38)23(4)41/h40H. The molecular weight excluding hydrogens is 478 g/mol. The van der Waals surface area contributed by atoms with Gasteiger partial charge in [0.25, 0.3) is 0 Å². The lowest BCUT2D eigenvalue weighted by atomic mass is 9.63. The van der Waals surface area contributed by atoms with Crippen molar-refractivity contribution < 1.29 is 0 Å². The predicted octanol–water partition coefficient (Wildman–Crippen LogP) is -11.7. The molecule has 0 amide bonds. The van der Waals surface area contributed by atoms with Crippen molar-refractivity contribution in [3.63, 3.8) is 0 Å². The van der Waals surface area contributed by atoms with Crippen LogP contribution in [0.15, 0.2) is 0 Å². The second kappa shape index (κ2) is 9.22. The number of fused-ring (bicyclic) bond motifs is 6. The quantitative estimate of drug-likeness (QED) is 0.226. The van der Waals surface area contributed by atoms with Crippen LogP contribution < -0.4 is 81.9 Å². The number of H-pyrrole nitrogens is 1. The van der Waals surface area contributed by atoms with E-state index in [0.29, 0.717) is 32.6 Å². The minimum absolute atomic E-state index is 0.00990. The minimum Gasteiger partial charge on any atom is -0.356 e. The topological polar surface area (TPSA) is 20.7 Å². The van der Waals surface area contributed by atoms with Gasteiger partial charge in [0.2, 0.25) is 0 Å². The van der Waals surface area contributed by atoms with Gasteiger partial charge in [-0.15, -0.1) is 32.8 Å². The molecule has 0 aliphatic carbocycles. The van der Waals surface area contributed by atoms with E-state index in [0.717, 1.165) is 0 Å². The fourth-order valence-electron chi connectivity index (χ4n) is 5.70. The second-order valence-corrected chi connectivity index (χ2v) is 9.96. The van der Waals surface area contributed by atoms with Crippen molar-refractivity contribution in [2.24, 2.45) is 0 Å². The molecule has 0 saturated carbocycles. The lowest BCUT2D eigenvalue weighted by Crippen LogP contribution is -2.49. The van der Waals surface area contributed by atoms with Crippen molar-refractivity contribution in [2.75, 3.05) is 0 Å². The van der Waals surface area contributed by atoms with E-state index in [4.69, 9.17) is 118 Å². The first-order valence-electron chi connectivity index (χ1n) is 12.0. The summed E-state index contributed by atoms with van der Waals surface area (Å²) in [5.74, 6) is 0. The Balaban J connectivity index is 1.99. The van der Waals surface area contributed by atoms with Crippen LogP contribution >= 0.6 is 0 Å². The molecule has 0 spiro atoms. The summed E-state index contributed by atoms with van der Waals surface area (Å²) in [4.78, 5) is 3.13. The van der Waals surface area contributed by atoms with E-state index in [2.05, 4.69) is 4.98 Å². The van der Waals surface area contributed by atoms with Gasteiger partial charge in [-0.05, 0) is 16.2 Å². The van der Waals surface area contributed by atoms with Gasteiger partial charge in [0, 0.05) is 33.1 Å². The Morgan fingerprint density at radius 3 is 1.05 bits per heavy atom. The summed E-state index contributed by atoms with van der Waals surface area (Å²) < 4.78 is 1.53. The normalized spacial score (nSPS) is 11.9. The minimum atomic E-state index is 0.00990. The van der Waals surface area contributed by atoms with E-state index in [-0.39, 0.29) is 98.7 Å². The first kappa shape index (κ1) is 28.6. The van der Waals surface area contributed by atoms with Gasteiger partial charge in [-0.25, -0.2) is 0 Å². The SMILES string of the molecule is [B]c1c([B])c([B])c2c([nH]c3c([B])c([B])c(-n4c5c([B])c([B])c([B])c([B])c5c5c([B])c([B])c([B])c([B])c54)c([B])c32)c1[B]. The van der Waals surface area contributed by atoms with E-state index < -0.39 is 0 Å². The van der Waals surface area contributed by atoms with Gasteiger partial charge in [0.1, 0.15) is 118 Å². The Hall–Kier alpha value is -2.55. The smallest absolute Gasteiger partial charge is 0.117 e. The van der Waals surface area contributed by atoms with Gasteiger partial charge in [-0.1, -0.05) is 49.2 Å². The maximum absolute atomic E-state index is 6.89. The summed E-state index contributed by atoms with van der Waals surface area (Å²) in [7, 11) is 96.2. The van der Waals surface area contributed by atoms with Crippen molar-refractivity contribution in [2.45, 2.75) is 0 Å². The number of aromatic amines is 1. The molecule has 2 aromatic heterocycles. The second-order valence-electron chi connectivity index (χ2n) is 9.96. The highest BCUT2D eigenvalue weighted by Crippen LogP contribution is 2.27. The molecule has 0 atom stereocenters. The Kier molecular flexibility index (Phi) is 6.43. The number of rotatable bonds is 1. The van der Waals surface area contributed by atoms with E-state index in [1.807, 2.05) is 0 Å². The van der Waals surface area contributed by atoms with Gasteiger partial charge < -0.3 is 9.55 Å². The highest BCUT2D eigenvalue weighted by Gasteiger charge is 2.26. The first-order chi connectivity index (χ1) is 19.1. The fourth-order valence-corrected chi connectivity index (χ4v) is 5.70. The van der Waals surface area contributed by atoms with Gasteiger partial charge >= 0.3 is 0 Å². The molecular formula is C24HB15N2. The van der Waals surface area contributed by atoms with Gasteiger partial charge in [0.15, 0.2) is 0 Å². The molecule has 152 valence electrons. The molecule has 17 heteroatoms. The first-order valence-corrected chi connectivity index (χ1v) is 12.0. The molecule has 0 aliphatic heterocycles. The zero-order valence-corrected chi connectivity index (χ0v) is 21.6. The van der Waals surface area contributed by atoms with Crippen LogP contribution in [0.2, 0.25) is 0 Å². The summed E-state index contributed by atoms with van der Waals surface area (Å²) in [5, 5.41) is 1.34. The van der Waals surface area contributed by atoms with Crippen LogP contribution in [0.1, 0.15) is 0 Å². The molecule has 0 fully saturated rings. The number of hydrogen-bond acceptors (Lipinski definition) is 0. The van der Waals surface area contributed by atoms with Crippen LogP contribution in [0.4, 0.5) is 0 Å². The van der Waals surface area contributed by atoms with Crippen LogP contribution in [0.3, 0.4) is 0 Å². The number of hydrogen-bond donors (Lipinski definition) is 1. The highest BCUT2D eigenvalue weighted by molar-refractivity contribution is 6.73. The number of benzene rings is 4. The number of nitrogens with zero attached hydrogens (tertiary/aromatic N) is 1. The average Bonchev–Trinajstić information content (AvgIpc) is 3.52. The Morgan fingerprint density at radius 2 is 0.610 bits per heavy atom. The van der Waals surface area contributed by atoms with Crippen LogP contribution in [0, 0.1) is 0 Å². The number of aromatic nitrogens is 2. The third-order valence-electron chi connectivity index (χ3n) is 7.93. The van der Waals surface area contributed by atoms with Gasteiger partial charge in [-0.2, -0.15) is 0 Å². The summed E-state index contributed by atoms with van der Waals surface area (Å²) in [6.07, 6.45) is 0. The monoisotopic (exact) mass is 482 g/mol. The third kappa shape index (κ3) is 3.41. The molecule has 0 aliphatic rings. The molecule has 6 aromatic rings. The summed E-state index contributed by atoms with van der Waals surface area (Å²) in [5.41, 5.74) is 2.30. The summed E-state index contributed by atoms with van der Waals surface area (Å²) >= 11 is 0. The highest BCUT2D eigenvalue weighted by atomic mass is 15.0. The summed E-state index contributed by atoms with van der Waals surface area (Å²) in [6.45, 7) is 0. The Labute approximate surface area is 257 Å². The molecule has 0 saturated heterocycles. The molecule has 4 aromatic carbocycles. The third-order valence-corrected chi connectivity index (χ3v) is 7.93. The molecule has 6 rings (SSSR count). The van der Waals surface area contributed by atoms with Gasteiger partial charge in [-0.3, -0.25) is 0 Å². The van der Waals surface area contributed by atoms with E-state index >= 15 is 0 Å². The predicted molar refractivity (Wildman–Crippen MR) is 191 cm³/mol. The average molecular weight is 479 g/mol. The van der Waals surface area contributed by atoms with Crippen LogP contribution in [-0.2, 0) is 0 Å². The van der Waals surface area contributed by atoms with Crippen LogP contribution in [-0.4, -0.2) is 127 Å². The maximum atomic E-state index is 6.89. The van der Waals surface area contributed by atoms with E-state index in [1.165, 1.54) is 4.57 Å². The van der Waals surface area contributed by atoms with Crippen molar-refractivity contribution in [1.82, 2.24) is 9.55 Å². The molecule has 0 bridgehead atoms. The molecule has 2 heterocycles. The Morgan fingerprint density at radius 1 is 0.293 bits per heavy atom. The maximum Gasteiger partial charge on any atom is 0.117 e. The zero-order valence-electron chi connectivity index (χ0n) is 21.6. The van der Waals surface area contributed by atoms with Crippen molar-refractivity contribution in [3.05, 3.63) is 0 Å². The van der Waals surface area contributed by atoms with Crippen molar-refractivity contribution in [3.8, 4) is 5.69 Å². The lowest BCUT2D eigenvalue weighted by molar-refractivity contribution is 1.22. The number of nitrogens with one attached hydrogen (secondary N) is 1. The fraction of sp³-hybridized carbons (Fsp3) is 0. The van der Waals surface area contributed by atoms with Crippen LogP contribution in [0.25, 0.3) is 49.3 Å². The zero-order chi connectivity index (χ0) is 30.1. The summed E-state index contributed by atoms with van der Waals surface area (Å²) in [6, 6.07) is 0. The largest absolute Gasteiger partial charge is 0.356 e. The Bertz CT molecular complexity index is 2130. The van der Waals surface area contributed by atoms with Crippen molar-refractivity contribution >= 4 is 243 Å². The molecule has 1 N–H and O–H groups in total. The van der Waals surface area contributed by atoms with Crippen molar-refractivity contribution in [1.29, 1.82) is 0 Å². The van der Waals surface area contributed by atoms with E-state index in [9.17, 15) is 0 Å². The molecule has 2 nitrogen and oxygen atoms in total. The molecule has 0 unspecified atom stereocenters. The van der Waals surface area contributed by atoms with Gasteiger partial charge in [0.05, 0.1) is 0 Å². The molecule has 41 heavy (non-hydrogen) atoms. The molecule has 30 radical (unpaired) electrons. The lowest BCUT2D eigenvalue weighted by Gasteiger charge is -2.23. The van der Waals surface area contributed by atoms with E-state index in [1.54, 1.807) is 0 Å². The van der Waals surface area contributed by atoms with Crippen LogP contribution in [0.5, 0.6) is 0 Å².